The lowest BCUT2D eigenvalue weighted by molar-refractivity contribution is -0.139. The Labute approximate surface area is 109 Å². The Hall–Kier alpha value is -2.37. The summed E-state index contributed by atoms with van der Waals surface area (Å²) in [5.74, 6) is -2.52. The maximum Gasteiger partial charge on any atom is 0.314 e. The van der Waals surface area contributed by atoms with Gasteiger partial charge in [-0.3, -0.25) is 14.4 Å². The number of carboxylic acids is 1. The van der Waals surface area contributed by atoms with Crippen LogP contribution in [-0.2, 0) is 9.59 Å². The molecule has 0 fully saturated rings. The number of ketones is 1. The van der Waals surface area contributed by atoms with Crippen LogP contribution in [0, 0.1) is 5.92 Å². The van der Waals surface area contributed by atoms with Crippen molar-refractivity contribution in [2.24, 2.45) is 5.92 Å². The molecule has 0 bridgehead atoms. The number of anilines is 1. The van der Waals surface area contributed by atoms with Crippen LogP contribution >= 0.6 is 0 Å². The van der Waals surface area contributed by atoms with Gasteiger partial charge in [0.1, 0.15) is 11.7 Å². The maximum absolute atomic E-state index is 11.9. The Balaban J connectivity index is 2.38. The zero-order chi connectivity index (χ0) is 14.2. The van der Waals surface area contributed by atoms with E-state index in [-0.39, 0.29) is 18.1 Å². The number of Topliss-reactive ketones (excluding diaryl/α,β-unsaturated/α-hetero) is 1. The topological polar surface area (TPSA) is 83.9 Å². The molecule has 1 aromatic rings. The zero-order valence-corrected chi connectivity index (χ0v) is 10.5. The quantitative estimate of drug-likeness (QED) is 0.648. The SMILES string of the molecule is CC(C(=O)O)C(=O)c1ccc2c(c1)N(C)C(=O)CO2. The molecule has 0 spiro atoms. The van der Waals surface area contributed by atoms with Gasteiger partial charge in [0.15, 0.2) is 12.4 Å². The van der Waals surface area contributed by atoms with Crippen LogP contribution in [-0.4, -0.2) is 36.4 Å². The lowest BCUT2D eigenvalue weighted by Crippen LogP contribution is -2.35. The fourth-order valence-electron chi connectivity index (χ4n) is 1.79. The van der Waals surface area contributed by atoms with E-state index in [2.05, 4.69) is 0 Å². The highest BCUT2D eigenvalue weighted by molar-refractivity contribution is 6.09. The van der Waals surface area contributed by atoms with E-state index in [0.717, 1.165) is 0 Å². The molecular weight excluding hydrogens is 250 g/mol. The second kappa shape index (κ2) is 4.72. The highest BCUT2D eigenvalue weighted by Crippen LogP contribution is 2.32. The van der Waals surface area contributed by atoms with E-state index >= 15 is 0 Å². The molecule has 0 saturated carbocycles. The van der Waals surface area contributed by atoms with E-state index in [1.807, 2.05) is 0 Å². The zero-order valence-electron chi connectivity index (χ0n) is 10.5. The molecule has 100 valence electrons. The maximum atomic E-state index is 11.9. The highest BCUT2D eigenvalue weighted by atomic mass is 16.5. The van der Waals surface area contributed by atoms with Gasteiger partial charge in [-0.1, -0.05) is 0 Å². The van der Waals surface area contributed by atoms with Crippen molar-refractivity contribution in [3.63, 3.8) is 0 Å². The summed E-state index contributed by atoms with van der Waals surface area (Å²) in [6.45, 7) is 1.29. The Kier molecular flexibility index (Phi) is 3.25. The predicted octanol–water partition coefficient (Wildman–Crippen LogP) is 0.945. The Morgan fingerprint density at radius 3 is 2.74 bits per heavy atom. The van der Waals surface area contributed by atoms with Gasteiger partial charge in [-0.05, 0) is 25.1 Å². The van der Waals surface area contributed by atoms with Crippen molar-refractivity contribution in [1.29, 1.82) is 0 Å². The fourth-order valence-corrected chi connectivity index (χ4v) is 1.79. The van der Waals surface area contributed by atoms with Gasteiger partial charge in [-0.2, -0.15) is 0 Å². The molecule has 1 heterocycles. The van der Waals surface area contributed by atoms with Crippen LogP contribution < -0.4 is 9.64 Å². The van der Waals surface area contributed by atoms with Gasteiger partial charge >= 0.3 is 5.97 Å². The van der Waals surface area contributed by atoms with E-state index < -0.39 is 17.7 Å². The summed E-state index contributed by atoms with van der Waals surface area (Å²) in [5, 5.41) is 8.84. The van der Waals surface area contributed by atoms with Crippen LogP contribution in [0.15, 0.2) is 18.2 Å². The van der Waals surface area contributed by atoms with Gasteiger partial charge < -0.3 is 14.7 Å². The lowest BCUT2D eigenvalue weighted by atomic mass is 9.98. The van der Waals surface area contributed by atoms with Gasteiger partial charge in [-0.15, -0.1) is 0 Å². The number of hydrogen-bond acceptors (Lipinski definition) is 4. The molecule has 1 unspecified atom stereocenters. The molecule has 0 radical (unpaired) electrons. The normalized spacial score (nSPS) is 15.5. The number of carbonyl (C=O) groups excluding carboxylic acids is 2. The number of benzene rings is 1. The molecule has 2 rings (SSSR count). The van der Waals surface area contributed by atoms with Crippen LogP contribution in [0.4, 0.5) is 5.69 Å². The number of carbonyl (C=O) groups is 3. The monoisotopic (exact) mass is 263 g/mol. The molecule has 1 amide bonds. The van der Waals surface area contributed by atoms with Gasteiger partial charge in [0.2, 0.25) is 0 Å². The Morgan fingerprint density at radius 1 is 1.42 bits per heavy atom. The second-order valence-electron chi connectivity index (χ2n) is 4.35. The van der Waals surface area contributed by atoms with E-state index in [1.165, 1.54) is 24.0 Å². The molecule has 1 atom stereocenters. The van der Waals surface area contributed by atoms with Gasteiger partial charge in [-0.25, -0.2) is 0 Å². The van der Waals surface area contributed by atoms with Crippen molar-refractivity contribution in [3.8, 4) is 5.75 Å². The summed E-state index contributed by atoms with van der Waals surface area (Å²) in [6, 6.07) is 4.55. The van der Waals surface area contributed by atoms with Crippen molar-refractivity contribution in [1.82, 2.24) is 0 Å². The molecule has 1 N–H and O–H groups in total. The van der Waals surface area contributed by atoms with Crippen LogP contribution in [0.1, 0.15) is 17.3 Å². The fraction of sp³-hybridized carbons (Fsp3) is 0.308. The summed E-state index contributed by atoms with van der Waals surface area (Å²) < 4.78 is 5.23. The molecule has 1 aliphatic heterocycles. The molecule has 1 aromatic carbocycles. The third kappa shape index (κ3) is 2.29. The molecule has 6 nitrogen and oxygen atoms in total. The first kappa shape index (κ1) is 13.1. The minimum atomic E-state index is -1.18. The third-order valence-electron chi connectivity index (χ3n) is 3.09. The number of rotatable bonds is 3. The number of nitrogens with zero attached hydrogens (tertiary/aromatic N) is 1. The summed E-state index contributed by atoms with van der Waals surface area (Å²) in [4.78, 5) is 35.6. The first-order chi connectivity index (χ1) is 8.91. The molecule has 1 aliphatic rings. The summed E-state index contributed by atoms with van der Waals surface area (Å²) in [7, 11) is 1.58. The minimum Gasteiger partial charge on any atom is -0.482 e. The molecule has 0 saturated heterocycles. The highest BCUT2D eigenvalue weighted by Gasteiger charge is 2.26. The number of ether oxygens (including phenoxy) is 1. The number of aliphatic carboxylic acids is 1. The van der Waals surface area contributed by atoms with E-state index in [4.69, 9.17) is 9.84 Å². The minimum absolute atomic E-state index is 0.0394. The molecule has 0 aliphatic carbocycles. The molecular formula is C13H13NO5. The average Bonchev–Trinajstić information content (AvgIpc) is 2.41. The van der Waals surface area contributed by atoms with Gasteiger partial charge in [0.25, 0.3) is 5.91 Å². The summed E-state index contributed by atoms with van der Waals surface area (Å²) in [6.07, 6.45) is 0. The van der Waals surface area contributed by atoms with Crippen LogP contribution in [0.5, 0.6) is 5.75 Å². The molecule has 0 aromatic heterocycles. The first-order valence-corrected chi connectivity index (χ1v) is 5.72. The van der Waals surface area contributed by atoms with E-state index in [1.54, 1.807) is 13.1 Å². The van der Waals surface area contributed by atoms with Crippen LogP contribution in [0.25, 0.3) is 0 Å². The Morgan fingerprint density at radius 2 is 2.11 bits per heavy atom. The number of amides is 1. The molecule has 19 heavy (non-hydrogen) atoms. The summed E-state index contributed by atoms with van der Waals surface area (Å²) >= 11 is 0. The second-order valence-corrected chi connectivity index (χ2v) is 4.35. The lowest BCUT2D eigenvalue weighted by Gasteiger charge is -2.26. The average molecular weight is 263 g/mol. The number of fused-ring (bicyclic) bond motifs is 1. The standard InChI is InChI=1S/C13H13NO5/c1-7(13(17)18)12(16)8-3-4-10-9(5-8)14(2)11(15)6-19-10/h3-5,7H,6H2,1-2H3,(H,17,18). The van der Waals surface area contributed by atoms with Crippen molar-refractivity contribution in [2.45, 2.75) is 6.92 Å². The van der Waals surface area contributed by atoms with Crippen molar-refractivity contribution >= 4 is 23.3 Å². The first-order valence-electron chi connectivity index (χ1n) is 5.72. The van der Waals surface area contributed by atoms with Crippen molar-refractivity contribution in [3.05, 3.63) is 23.8 Å². The van der Waals surface area contributed by atoms with Crippen molar-refractivity contribution in [2.75, 3.05) is 18.6 Å². The number of hydrogen-bond donors (Lipinski definition) is 1. The van der Waals surface area contributed by atoms with Crippen LogP contribution in [0.2, 0.25) is 0 Å². The van der Waals surface area contributed by atoms with E-state index in [9.17, 15) is 14.4 Å². The predicted molar refractivity (Wildman–Crippen MR) is 66.5 cm³/mol. The third-order valence-corrected chi connectivity index (χ3v) is 3.09. The summed E-state index contributed by atoms with van der Waals surface area (Å²) in [5.41, 5.74) is 0.721. The number of carboxylic acid groups (broad SMARTS) is 1. The van der Waals surface area contributed by atoms with Crippen LogP contribution in [0.3, 0.4) is 0 Å². The van der Waals surface area contributed by atoms with Gasteiger partial charge in [0.05, 0.1) is 5.69 Å². The largest absolute Gasteiger partial charge is 0.482 e. The number of likely N-dealkylation sites (N-methyl/N-ethyl adjacent to an activating group) is 1. The molecule has 6 heteroatoms. The van der Waals surface area contributed by atoms with E-state index in [0.29, 0.717) is 11.4 Å². The Bertz CT molecular complexity index is 566. The van der Waals surface area contributed by atoms with Crippen molar-refractivity contribution < 1.29 is 24.2 Å². The smallest absolute Gasteiger partial charge is 0.314 e. The van der Waals surface area contributed by atoms with Gasteiger partial charge in [0, 0.05) is 12.6 Å².